The van der Waals surface area contributed by atoms with Crippen molar-refractivity contribution in [1.29, 1.82) is 0 Å². The van der Waals surface area contributed by atoms with E-state index in [1.54, 1.807) is 32.0 Å². The summed E-state index contributed by atoms with van der Waals surface area (Å²) in [5, 5.41) is 0. The molecule has 2 fully saturated rings. The molecule has 4 amide bonds. The lowest BCUT2D eigenvalue weighted by Gasteiger charge is -2.17. The predicted octanol–water partition coefficient (Wildman–Crippen LogP) is 1.23. The molecule has 0 saturated carbocycles. The van der Waals surface area contributed by atoms with Crippen LogP contribution in [0.5, 0.6) is 0 Å². The highest BCUT2D eigenvalue weighted by Gasteiger charge is 2.45. The fourth-order valence-electron chi connectivity index (χ4n) is 4.22. The maximum Gasteiger partial charge on any atom is 0.335 e. The molecule has 2 aliphatic heterocycles. The van der Waals surface area contributed by atoms with Gasteiger partial charge in [0, 0.05) is 23.0 Å². The van der Waals surface area contributed by atoms with Crippen LogP contribution in [0.25, 0.3) is 0 Å². The molecular weight excluding hydrogens is 426 g/mol. The second kappa shape index (κ2) is 7.49. The fourth-order valence-corrected chi connectivity index (χ4v) is 5.92. The lowest BCUT2D eigenvalue weighted by atomic mass is 10.1. The second-order valence-electron chi connectivity index (χ2n) is 7.78. The molecule has 4 rings (SSSR count). The Kier molecular flexibility index (Phi) is 5.08. The number of hydrogen-bond donors (Lipinski definition) is 0. The van der Waals surface area contributed by atoms with Crippen molar-refractivity contribution in [2.75, 3.05) is 18.1 Å². The zero-order chi connectivity index (χ0) is 22.5. The lowest BCUT2D eigenvalue weighted by molar-refractivity contribution is -0.143. The molecule has 0 radical (unpaired) electrons. The van der Waals surface area contributed by atoms with Gasteiger partial charge in [-0.2, -0.15) is 0 Å². The van der Waals surface area contributed by atoms with E-state index in [1.807, 2.05) is 4.57 Å². The third kappa shape index (κ3) is 3.69. The van der Waals surface area contributed by atoms with Gasteiger partial charge in [-0.25, -0.2) is 23.0 Å². The maximum atomic E-state index is 12.9. The smallest absolute Gasteiger partial charge is 0.335 e. The summed E-state index contributed by atoms with van der Waals surface area (Å²) in [7, 11) is -3.11. The van der Waals surface area contributed by atoms with Crippen molar-refractivity contribution in [2.24, 2.45) is 0 Å². The standard InChI is InChI=1S/C20H21N3O7S/c1-12-8-16(13(2)23(12)14-5-7-31(28,29)11-14)17(24)10-22-19(26)18(25)21(20(22)27)9-15-4-3-6-30-15/h3-4,6,8,14H,5,7,9-11H2,1-2H3/t14-/m0/s1. The summed E-state index contributed by atoms with van der Waals surface area (Å²) in [6.07, 6.45) is 1.85. The zero-order valence-corrected chi connectivity index (χ0v) is 17.8. The Balaban J connectivity index is 1.53. The van der Waals surface area contributed by atoms with Crippen LogP contribution in [0.4, 0.5) is 4.79 Å². The van der Waals surface area contributed by atoms with E-state index in [4.69, 9.17) is 4.42 Å². The van der Waals surface area contributed by atoms with Crippen molar-refractivity contribution in [3.8, 4) is 0 Å². The first-order chi connectivity index (χ1) is 14.6. The molecule has 2 aliphatic rings. The van der Waals surface area contributed by atoms with Gasteiger partial charge >= 0.3 is 17.8 Å². The van der Waals surface area contributed by atoms with Gasteiger partial charge in [0.15, 0.2) is 15.6 Å². The van der Waals surface area contributed by atoms with Gasteiger partial charge in [-0.15, -0.1) is 0 Å². The molecule has 10 nitrogen and oxygen atoms in total. The summed E-state index contributed by atoms with van der Waals surface area (Å²) >= 11 is 0. The highest BCUT2D eigenvalue weighted by atomic mass is 32.2. The normalized spacial score (nSPS) is 20.8. The number of rotatable bonds is 6. The first kappa shape index (κ1) is 21.0. The molecule has 164 valence electrons. The van der Waals surface area contributed by atoms with Crippen molar-refractivity contribution in [3.05, 3.63) is 47.2 Å². The van der Waals surface area contributed by atoms with E-state index >= 15 is 0 Å². The molecule has 11 heteroatoms. The topological polar surface area (TPSA) is 127 Å². The molecular formula is C20H21N3O7S. The van der Waals surface area contributed by atoms with E-state index < -0.39 is 40.0 Å². The van der Waals surface area contributed by atoms with Gasteiger partial charge < -0.3 is 8.98 Å². The number of ketones is 1. The number of carbonyl (C=O) groups is 4. The van der Waals surface area contributed by atoms with Gasteiger partial charge in [-0.05, 0) is 38.5 Å². The van der Waals surface area contributed by atoms with E-state index in [-0.39, 0.29) is 24.1 Å². The molecule has 0 N–H and O–H groups in total. The van der Waals surface area contributed by atoms with Gasteiger partial charge in [0.1, 0.15) is 5.76 Å². The average molecular weight is 447 g/mol. The van der Waals surface area contributed by atoms with Crippen LogP contribution in [0.3, 0.4) is 0 Å². The summed E-state index contributed by atoms with van der Waals surface area (Å²) in [5.74, 6) is -2.15. The van der Waals surface area contributed by atoms with Crippen LogP contribution in [0, 0.1) is 13.8 Å². The van der Waals surface area contributed by atoms with Crippen molar-refractivity contribution in [2.45, 2.75) is 32.9 Å². The molecule has 4 heterocycles. The summed E-state index contributed by atoms with van der Waals surface area (Å²) in [6, 6.07) is 3.64. The minimum atomic E-state index is -3.11. The van der Waals surface area contributed by atoms with Gasteiger partial charge in [0.2, 0.25) is 0 Å². The fraction of sp³-hybridized carbons (Fsp3) is 0.400. The largest absolute Gasteiger partial charge is 0.467 e. The van der Waals surface area contributed by atoms with Gasteiger partial charge in [-0.3, -0.25) is 14.4 Å². The van der Waals surface area contributed by atoms with Crippen LogP contribution in [-0.2, 0) is 26.0 Å². The van der Waals surface area contributed by atoms with Crippen LogP contribution >= 0.6 is 0 Å². The Labute approximate surface area is 178 Å². The summed E-state index contributed by atoms with van der Waals surface area (Å²) in [6.45, 7) is 2.69. The third-order valence-electron chi connectivity index (χ3n) is 5.69. The Morgan fingerprint density at radius 2 is 1.87 bits per heavy atom. The number of furan rings is 1. The monoisotopic (exact) mass is 447 g/mol. The molecule has 0 spiro atoms. The molecule has 2 aromatic heterocycles. The number of sulfone groups is 1. The summed E-state index contributed by atoms with van der Waals surface area (Å²) in [4.78, 5) is 51.4. The number of hydrogen-bond acceptors (Lipinski definition) is 7. The first-order valence-corrected chi connectivity index (χ1v) is 11.5. The Bertz CT molecular complexity index is 1190. The maximum absolute atomic E-state index is 12.9. The minimum Gasteiger partial charge on any atom is -0.467 e. The van der Waals surface area contributed by atoms with E-state index in [2.05, 4.69) is 0 Å². The number of imide groups is 2. The number of urea groups is 1. The molecule has 2 aromatic rings. The van der Waals surface area contributed by atoms with Crippen LogP contribution in [0.1, 0.15) is 40.0 Å². The second-order valence-corrected chi connectivity index (χ2v) is 10.0. The molecule has 0 aromatic carbocycles. The van der Waals surface area contributed by atoms with Crippen molar-refractivity contribution < 1.29 is 32.0 Å². The van der Waals surface area contributed by atoms with Gasteiger partial charge in [0.05, 0.1) is 30.9 Å². The molecule has 0 unspecified atom stereocenters. The Morgan fingerprint density at radius 3 is 2.48 bits per heavy atom. The van der Waals surface area contributed by atoms with Crippen LogP contribution in [0.15, 0.2) is 28.9 Å². The van der Waals surface area contributed by atoms with Crippen molar-refractivity contribution in [1.82, 2.24) is 14.4 Å². The Hall–Kier alpha value is -3.21. The van der Waals surface area contributed by atoms with Crippen LogP contribution < -0.4 is 0 Å². The van der Waals surface area contributed by atoms with E-state index in [1.165, 1.54) is 6.26 Å². The molecule has 0 bridgehead atoms. The highest BCUT2D eigenvalue weighted by molar-refractivity contribution is 7.91. The number of amides is 4. The van der Waals surface area contributed by atoms with E-state index in [0.29, 0.717) is 28.3 Å². The minimum absolute atomic E-state index is 0.0102. The SMILES string of the molecule is Cc1cc(C(=O)CN2C(=O)C(=O)N(Cc3ccco3)C2=O)c(C)n1[C@H]1CCS(=O)(=O)C1. The third-order valence-corrected chi connectivity index (χ3v) is 7.44. The number of nitrogens with zero attached hydrogens (tertiary/aromatic N) is 3. The van der Waals surface area contributed by atoms with Crippen molar-refractivity contribution in [3.63, 3.8) is 0 Å². The van der Waals surface area contributed by atoms with Crippen LogP contribution in [0.2, 0.25) is 0 Å². The summed E-state index contributed by atoms with van der Waals surface area (Å²) in [5.41, 5.74) is 1.58. The van der Waals surface area contributed by atoms with Gasteiger partial charge in [0.25, 0.3) is 0 Å². The molecule has 1 atom stereocenters. The van der Waals surface area contributed by atoms with Crippen LogP contribution in [-0.4, -0.2) is 64.5 Å². The predicted molar refractivity (Wildman–Crippen MR) is 107 cm³/mol. The average Bonchev–Trinajstić information content (AvgIpc) is 3.44. The molecule has 31 heavy (non-hydrogen) atoms. The summed E-state index contributed by atoms with van der Waals surface area (Å²) < 4.78 is 30.6. The number of aryl methyl sites for hydroxylation is 1. The van der Waals surface area contributed by atoms with E-state index in [9.17, 15) is 27.6 Å². The van der Waals surface area contributed by atoms with Crippen molar-refractivity contribution >= 4 is 33.5 Å². The number of carbonyl (C=O) groups excluding carboxylic acids is 4. The first-order valence-electron chi connectivity index (χ1n) is 9.71. The zero-order valence-electron chi connectivity index (χ0n) is 17.0. The quantitative estimate of drug-likeness (QED) is 0.370. The lowest BCUT2D eigenvalue weighted by Crippen LogP contribution is -2.37. The molecule has 2 saturated heterocycles. The number of aromatic nitrogens is 1. The number of Topliss-reactive ketones (excluding diaryl/α,β-unsaturated/α-hetero) is 1. The molecule has 0 aliphatic carbocycles. The highest BCUT2D eigenvalue weighted by Crippen LogP contribution is 2.29. The van der Waals surface area contributed by atoms with E-state index in [0.717, 1.165) is 10.6 Å². The Morgan fingerprint density at radius 1 is 1.16 bits per heavy atom. The van der Waals surface area contributed by atoms with Gasteiger partial charge in [-0.1, -0.05) is 0 Å².